The Morgan fingerprint density at radius 2 is 2.00 bits per heavy atom. The summed E-state index contributed by atoms with van der Waals surface area (Å²) in [4.78, 5) is 4.50. The molecule has 0 atom stereocenters. The smallest absolute Gasteiger partial charge is 0.399 e. The van der Waals surface area contributed by atoms with E-state index in [9.17, 15) is 21.6 Å². The lowest BCUT2D eigenvalue weighted by molar-refractivity contribution is -0.0429. The van der Waals surface area contributed by atoms with Crippen LogP contribution in [0.5, 0.6) is 0 Å². The molecular weight excluding hydrogens is 321 g/mol. The van der Waals surface area contributed by atoms with E-state index in [1.54, 1.807) is 0 Å². The number of anilines is 1. The highest BCUT2D eigenvalue weighted by Gasteiger charge is 2.46. The predicted octanol–water partition coefficient (Wildman–Crippen LogP) is 2.97. The van der Waals surface area contributed by atoms with Crippen molar-refractivity contribution in [2.45, 2.75) is 12.4 Å². The fraction of sp³-hybridized carbons (Fsp3) is 0.300. The fourth-order valence-electron chi connectivity index (χ4n) is 1.29. The van der Waals surface area contributed by atoms with Gasteiger partial charge in [0.1, 0.15) is 7.11 Å². The van der Waals surface area contributed by atoms with E-state index in [0.717, 1.165) is 6.07 Å². The molecule has 1 rings (SSSR count). The highest BCUT2D eigenvalue weighted by Crippen LogP contribution is 2.28. The van der Waals surface area contributed by atoms with Crippen molar-refractivity contribution in [3.8, 4) is 0 Å². The molecule has 0 spiro atoms. The Morgan fingerprint density at radius 1 is 1.40 bits per heavy atom. The van der Waals surface area contributed by atoms with Gasteiger partial charge in [-0.15, -0.1) is 0 Å². The van der Waals surface area contributed by atoms with E-state index in [1.165, 1.54) is 30.9 Å². The van der Waals surface area contributed by atoms with Gasteiger partial charge in [-0.1, -0.05) is 16.8 Å². The van der Waals surface area contributed by atoms with Crippen molar-refractivity contribution in [3.05, 3.63) is 28.8 Å². The third-order valence-corrected chi connectivity index (χ3v) is 3.48. The van der Waals surface area contributed by atoms with Crippen LogP contribution in [0.3, 0.4) is 0 Å². The minimum Gasteiger partial charge on any atom is -0.399 e. The number of oxime groups is 1. The number of halogens is 4. The van der Waals surface area contributed by atoms with Gasteiger partial charge in [0.2, 0.25) is 0 Å². The van der Waals surface area contributed by atoms with Crippen LogP contribution in [0, 0.1) is 0 Å². The summed E-state index contributed by atoms with van der Waals surface area (Å²) in [6.07, 6.45) is 0. The summed E-state index contributed by atoms with van der Waals surface area (Å²) in [5.41, 5.74) is -5.48. The van der Waals surface area contributed by atoms with Crippen LogP contribution in [0.25, 0.3) is 0 Å². The summed E-state index contributed by atoms with van der Waals surface area (Å²) in [5, 5.41) is 3.74. The molecule has 0 radical (unpaired) electrons. The zero-order valence-electron chi connectivity index (χ0n) is 10.3. The molecule has 0 unspecified atom stereocenters. The van der Waals surface area contributed by atoms with E-state index < -0.39 is 15.5 Å². The lowest BCUT2D eigenvalue weighted by atomic mass is 10.1. The molecule has 112 valence electrons. The van der Waals surface area contributed by atoms with E-state index in [1.807, 2.05) is 0 Å². The SMILES string of the molecule is CO/N=C(\C)c1cc(Cl)ccc1NS(=O)(=O)C(F)(F)F. The quantitative estimate of drug-likeness (QED) is 0.681. The molecule has 0 aliphatic heterocycles. The van der Waals surface area contributed by atoms with Crippen molar-refractivity contribution in [1.82, 2.24) is 0 Å². The number of hydrogen-bond donors (Lipinski definition) is 1. The Balaban J connectivity index is 3.30. The third-order valence-electron chi connectivity index (χ3n) is 2.15. The number of rotatable bonds is 4. The van der Waals surface area contributed by atoms with Crippen LogP contribution in [0.2, 0.25) is 5.02 Å². The molecule has 0 aliphatic rings. The normalized spacial score (nSPS) is 13.2. The van der Waals surface area contributed by atoms with Crippen LogP contribution >= 0.6 is 11.6 Å². The van der Waals surface area contributed by atoms with Crippen LogP contribution in [0.1, 0.15) is 12.5 Å². The van der Waals surface area contributed by atoms with E-state index >= 15 is 0 Å². The second kappa shape index (κ2) is 5.88. The van der Waals surface area contributed by atoms with Gasteiger partial charge in [-0.3, -0.25) is 4.72 Å². The number of sulfonamides is 1. The van der Waals surface area contributed by atoms with Crippen molar-refractivity contribution < 1.29 is 26.4 Å². The molecule has 5 nitrogen and oxygen atoms in total. The van der Waals surface area contributed by atoms with Gasteiger partial charge in [0, 0.05) is 10.6 Å². The highest BCUT2D eigenvalue weighted by molar-refractivity contribution is 7.93. The van der Waals surface area contributed by atoms with E-state index in [-0.39, 0.29) is 22.0 Å². The second-order valence-corrected chi connectivity index (χ2v) is 5.71. The number of hydrogen-bond acceptors (Lipinski definition) is 4. The molecule has 0 bridgehead atoms. The molecule has 0 saturated carbocycles. The summed E-state index contributed by atoms with van der Waals surface area (Å²) in [5.74, 6) is 0. The topological polar surface area (TPSA) is 67.8 Å². The molecule has 10 heteroatoms. The first-order valence-electron chi connectivity index (χ1n) is 5.05. The molecule has 0 aromatic heterocycles. The lowest BCUT2D eigenvalue weighted by Crippen LogP contribution is -2.30. The average molecular weight is 331 g/mol. The molecule has 0 fully saturated rings. The number of nitrogens with one attached hydrogen (secondary N) is 1. The maximum atomic E-state index is 12.3. The monoisotopic (exact) mass is 330 g/mol. The van der Waals surface area contributed by atoms with Gasteiger partial charge in [-0.25, -0.2) is 0 Å². The summed E-state index contributed by atoms with van der Waals surface area (Å²) in [7, 11) is -4.28. The molecule has 0 aliphatic carbocycles. The first-order chi connectivity index (χ1) is 9.08. The highest BCUT2D eigenvalue weighted by atomic mass is 35.5. The minimum absolute atomic E-state index is 0.0761. The van der Waals surface area contributed by atoms with Gasteiger partial charge in [-0.2, -0.15) is 21.6 Å². The molecule has 0 amide bonds. The summed E-state index contributed by atoms with van der Waals surface area (Å²) in [6, 6.07) is 3.63. The number of benzene rings is 1. The first kappa shape index (κ1) is 16.6. The first-order valence-corrected chi connectivity index (χ1v) is 6.91. The zero-order chi connectivity index (χ0) is 15.6. The van der Waals surface area contributed by atoms with Gasteiger partial charge in [0.05, 0.1) is 11.4 Å². The maximum Gasteiger partial charge on any atom is 0.516 e. The molecule has 0 heterocycles. The molecule has 20 heavy (non-hydrogen) atoms. The number of nitrogens with zero attached hydrogens (tertiary/aromatic N) is 1. The summed E-state index contributed by atoms with van der Waals surface area (Å²) >= 11 is 5.73. The largest absolute Gasteiger partial charge is 0.516 e. The van der Waals surface area contributed by atoms with Gasteiger partial charge < -0.3 is 4.84 Å². The van der Waals surface area contributed by atoms with Crippen molar-refractivity contribution >= 4 is 33.0 Å². The minimum atomic E-state index is -5.52. The Morgan fingerprint density at radius 3 is 2.50 bits per heavy atom. The average Bonchev–Trinajstić information content (AvgIpc) is 2.30. The third kappa shape index (κ3) is 3.76. The Hall–Kier alpha value is -1.48. The van der Waals surface area contributed by atoms with E-state index in [0.29, 0.717) is 0 Å². The molecule has 1 aromatic rings. The van der Waals surface area contributed by atoms with Crippen molar-refractivity contribution in [1.29, 1.82) is 0 Å². The van der Waals surface area contributed by atoms with Crippen molar-refractivity contribution in [3.63, 3.8) is 0 Å². The lowest BCUT2D eigenvalue weighted by Gasteiger charge is -2.14. The van der Waals surface area contributed by atoms with Gasteiger partial charge in [0.15, 0.2) is 0 Å². The molecule has 1 aromatic carbocycles. The maximum absolute atomic E-state index is 12.3. The van der Waals surface area contributed by atoms with Crippen molar-refractivity contribution in [2.24, 2.45) is 5.16 Å². The van der Waals surface area contributed by atoms with Gasteiger partial charge in [-0.05, 0) is 25.1 Å². The van der Waals surface area contributed by atoms with Gasteiger partial charge >= 0.3 is 15.5 Å². The molecule has 0 saturated heterocycles. The second-order valence-electron chi connectivity index (χ2n) is 3.60. The zero-order valence-corrected chi connectivity index (χ0v) is 11.9. The standard InChI is InChI=1S/C10H10ClF3N2O3S/c1-6(15-19-2)8-5-7(11)3-4-9(8)16-20(17,18)10(12,13)14/h3-5,16H,1-2H3/b15-6+. The summed E-state index contributed by atoms with van der Waals surface area (Å²) < 4.78 is 60.7. The van der Waals surface area contributed by atoms with Crippen LogP contribution in [-0.4, -0.2) is 26.7 Å². The predicted molar refractivity (Wildman–Crippen MR) is 69.3 cm³/mol. The Labute approximate surface area is 118 Å². The van der Waals surface area contributed by atoms with Crippen LogP contribution in [0.4, 0.5) is 18.9 Å². The fourth-order valence-corrected chi connectivity index (χ4v) is 2.05. The number of alkyl halides is 3. The molecular formula is C10H10ClF3N2O3S. The van der Waals surface area contributed by atoms with Crippen LogP contribution in [0.15, 0.2) is 23.4 Å². The van der Waals surface area contributed by atoms with Crippen LogP contribution in [-0.2, 0) is 14.9 Å². The van der Waals surface area contributed by atoms with Crippen LogP contribution < -0.4 is 4.72 Å². The van der Waals surface area contributed by atoms with E-state index in [2.05, 4.69) is 9.99 Å². The van der Waals surface area contributed by atoms with Gasteiger partial charge in [0.25, 0.3) is 0 Å². The molecule has 1 N–H and O–H groups in total. The Kier molecular flexibility index (Phi) is 4.87. The van der Waals surface area contributed by atoms with Crippen molar-refractivity contribution in [2.75, 3.05) is 11.8 Å². The Bertz CT molecular complexity index is 629. The summed E-state index contributed by atoms with van der Waals surface area (Å²) in [6.45, 7) is 1.43. The van der Waals surface area contributed by atoms with E-state index in [4.69, 9.17) is 11.6 Å².